The van der Waals surface area contributed by atoms with Crippen LogP contribution in [0.5, 0.6) is 0 Å². The lowest BCUT2D eigenvalue weighted by atomic mass is 10.0. The van der Waals surface area contributed by atoms with E-state index in [1.807, 2.05) is 0 Å². The lowest BCUT2D eigenvalue weighted by molar-refractivity contribution is 0.581. The van der Waals surface area contributed by atoms with E-state index in [-0.39, 0.29) is 17.2 Å². The summed E-state index contributed by atoms with van der Waals surface area (Å²) in [5, 5.41) is 3.21. The second kappa shape index (κ2) is 5.71. The molecule has 8 heteroatoms. The first-order valence-corrected chi connectivity index (χ1v) is 9.86. The van der Waals surface area contributed by atoms with Gasteiger partial charge in [0.25, 0.3) is 0 Å². The zero-order valence-electron chi connectivity index (χ0n) is 11.2. The van der Waals surface area contributed by atoms with Crippen molar-refractivity contribution in [1.82, 2.24) is 4.72 Å². The van der Waals surface area contributed by atoms with Crippen LogP contribution in [0.3, 0.4) is 0 Å². The minimum absolute atomic E-state index is 0.115. The Labute approximate surface area is 119 Å². The Hall–Kier alpha value is -1.12. The van der Waals surface area contributed by atoms with E-state index in [0.717, 1.165) is 36.9 Å². The van der Waals surface area contributed by atoms with Crippen molar-refractivity contribution in [3.63, 3.8) is 0 Å². The summed E-state index contributed by atoms with van der Waals surface area (Å²) < 4.78 is 48.5. The molecule has 0 aromatic heterocycles. The Bertz CT molecular complexity index is 696. The van der Waals surface area contributed by atoms with Gasteiger partial charge in [0.2, 0.25) is 10.0 Å². The van der Waals surface area contributed by atoms with Crippen LogP contribution in [-0.2, 0) is 26.3 Å². The van der Waals surface area contributed by atoms with Crippen LogP contribution in [0.2, 0.25) is 0 Å². The first-order chi connectivity index (χ1) is 9.28. The first kappa shape index (κ1) is 15.3. The fourth-order valence-electron chi connectivity index (χ4n) is 2.06. The molecule has 0 atom stereocenters. The van der Waals surface area contributed by atoms with Crippen LogP contribution < -0.4 is 10.0 Å². The van der Waals surface area contributed by atoms with Gasteiger partial charge in [0, 0.05) is 25.0 Å². The second-order valence-corrected chi connectivity index (χ2v) is 8.90. The van der Waals surface area contributed by atoms with Crippen molar-refractivity contribution in [2.75, 3.05) is 30.4 Å². The summed E-state index contributed by atoms with van der Waals surface area (Å²) in [5.74, 6) is -0.210. The summed E-state index contributed by atoms with van der Waals surface area (Å²) in [6.45, 7) is 0.780. The predicted octanol–water partition coefficient (Wildman–Crippen LogP) is 0.368. The third-order valence-electron chi connectivity index (χ3n) is 3.09. The van der Waals surface area contributed by atoms with E-state index in [9.17, 15) is 16.8 Å². The molecule has 1 heterocycles. The van der Waals surface area contributed by atoms with E-state index in [2.05, 4.69) is 10.0 Å². The van der Waals surface area contributed by atoms with Crippen LogP contribution in [0.4, 0.5) is 5.69 Å². The van der Waals surface area contributed by atoms with Crippen molar-refractivity contribution in [2.45, 2.75) is 17.7 Å². The highest BCUT2D eigenvalue weighted by atomic mass is 32.2. The Morgan fingerprint density at radius 1 is 1.25 bits per heavy atom. The molecule has 0 amide bonds. The quantitative estimate of drug-likeness (QED) is 0.818. The van der Waals surface area contributed by atoms with E-state index in [0.29, 0.717) is 0 Å². The van der Waals surface area contributed by atoms with Gasteiger partial charge >= 0.3 is 0 Å². The number of fused-ring (bicyclic) bond motifs is 1. The largest absolute Gasteiger partial charge is 0.385 e. The Balaban J connectivity index is 2.13. The van der Waals surface area contributed by atoms with Gasteiger partial charge in [-0.1, -0.05) is 0 Å². The number of hydrogen-bond donors (Lipinski definition) is 2. The van der Waals surface area contributed by atoms with Gasteiger partial charge in [-0.3, -0.25) is 0 Å². The van der Waals surface area contributed by atoms with Crippen molar-refractivity contribution in [3.8, 4) is 0 Å². The lowest BCUT2D eigenvalue weighted by Crippen LogP contribution is -2.29. The molecule has 1 aromatic carbocycles. The van der Waals surface area contributed by atoms with Gasteiger partial charge in [-0.2, -0.15) is 0 Å². The topological polar surface area (TPSA) is 92.3 Å². The van der Waals surface area contributed by atoms with Gasteiger partial charge in [-0.05, 0) is 36.6 Å². The number of aryl methyl sites for hydroxylation is 1. The second-order valence-electron chi connectivity index (χ2n) is 4.88. The number of nitrogens with one attached hydrogen (secondary N) is 2. The molecule has 112 valence electrons. The molecule has 20 heavy (non-hydrogen) atoms. The molecule has 0 saturated heterocycles. The fourth-order valence-corrected chi connectivity index (χ4v) is 3.75. The van der Waals surface area contributed by atoms with Crippen LogP contribution in [-0.4, -0.2) is 41.9 Å². The number of sulfone groups is 1. The van der Waals surface area contributed by atoms with Gasteiger partial charge in [0.1, 0.15) is 9.84 Å². The SMILES string of the molecule is CS(=O)(=O)CCNS(=O)(=O)c1ccc2c(c1)CCCN2. The van der Waals surface area contributed by atoms with E-state index >= 15 is 0 Å². The molecule has 2 rings (SSSR count). The smallest absolute Gasteiger partial charge is 0.240 e. The highest BCUT2D eigenvalue weighted by Gasteiger charge is 2.17. The summed E-state index contributed by atoms with van der Waals surface area (Å²) in [7, 11) is -6.84. The van der Waals surface area contributed by atoms with Crippen molar-refractivity contribution < 1.29 is 16.8 Å². The lowest BCUT2D eigenvalue weighted by Gasteiger charge is -2.18. The van der Waals surface area contributed by atoms with Crippen molar-refractivity contribution in [1.29, 1.82) is 0 Å². The predicted molar refractivity (Wildman–Crippen MR) is 78.2 cm³/mol. The standard InChI is InChI=1S/C12H18N2O4S2/c1-19(15,16)8-7-14-20(17,18)11-4-5-12-10(9-11)3-2-6-13-12/h4-5,9,13-14H,2-3,6-8H2,1H3. The van der Waals surface area contributed by atoms with Crippen molar-refractivity contribution in [3.05, 3.63) is 23.8 Å². The number of anilines is 1. The van der Waals surface area contributed by atoms with Gasteiger partial charge in [0.15, 0.2) is 0 Å². The van der Waals surface area contributed by atoms with Gasteiger partial charge in [-0.15, -0.1) is 0 Å². The fraction of sp³-hybridized carbons (Fsp3) is 0.500. The molecular weight excluding hydrogens is 300 g/mol. The molecule has 0 saturated carbocycles. The molecule has 0 spiro atoms. The van der Waals surface area contributed by atoms with E-state index in [1.165, 1.54) is 6.07 Å². The van der Waals surface area contributed by atoms with Gasteiger partial charge < -0.3 is 5.32 Å². The molecule has 1 aromatic rings. The van der Waals surface area contributed by atoms with Crippen molar-refractivity contribution >= 4 is 25.5 Å². The summed E-state index contributed by atoms with van der Waals surface area (Å²) >= 11 is 0. The highest BCUT2D eigenvalue weighted by molar-refractivity contribution is 7.91. The number of rotatable bonds is 5. The summed E-state index contributed by atoms with van der Waals surface area (Å²) in [6.07, 6.45) is 2.89. The molecule has 0 unspecified atom stereocenters. The Morgan fingerprint density at radius 2 is 2.00 bits per heavy atom. The zero-order valence-corrected chi connectivity index (χ0v) is 12.9. The van der Waals surface area contributed by atoms with Gasteiger partial charge in [-0.25, -0.2) is 21.6 Å². The van der Waals surface area contributed by atoms with Crippen molar-refractivity contribution in [2.24, 2.45) is 0 Å². The third kappa shape index (κ3) is 3.94. The molecule has 6 nitrogen and oxygen atoms in total. The third-order valence-corrected chi connectivity index (χ3v) is 5.49. The Kier molecular flexibility index (Phi) is 4.36. The number of benzene rings is 1. The van der Waals surface area contributed by atoms with E-state index in [1.54, 1.807) is 12.1 Å². The molecule has 0 radical (unpaired) electrons. The maximum Gasteiger partial charge on any atom is 0.240 e. The number of hydrogen-bond acceptors (Lipinski definition) is 5. The monoisotopic (exact) mass is 318 g/mol. The van der Waals surface area contributed by atoms with E-state index < -0.39 is 19.9 Å². The molecule has 0 fully saturated rings. The van der Waals surface area contributed by atoms with Crippen LogP contribution in [0.1, 0.15) is 12.0 Å². The normalized spacial score (nSPS) is 15.4. The summed E-state index contributed by atoms with van der Waals surface area (Å²) in [4.78, 5) is 0.174. The molecular formula is C12H18N2O4S2. The minimum Gasteiger partial charge on any atom is -0.385 e. The number of sulfonamides is 1. The maximum absolute atomic E-state index is 12.1. The Morgan fingerprint density at radius 3 is 2.70 bits per heavy atom. The summed E-state index contributed by atoms with van der Waals surface area (Å²) in [6, 6.07) is 4.92. The van der Waals surface area contributed by atoms with Crippen LogP contribution in [0.25, 0.3) is 0 Å². The van der Waals surface area contributed by atoms with E-state index in [4.69, 9.17) is 0 Å². The molecule has 0 aliphatic carbocycles. The first-order valence-electron chi connectivity index (χ1n) is 6.32. The average Bonchev–Trinajstić information content (AvgIpc) is 2.36. The molecule has 0 bridgehead atoms. The minimum atomic E-state index is -3.66. The molecule has 2 N–H and O–H groups in total. The highest BCUT2D eigenvalue weighted by Crippen LogP contribution is 2.24. The average molecular weight is 318 g/mol. The van der Waals surface area contributed by atoms with Gasteiger partial charge in [0.05, 0.1) is 10.6 Å². The maximum atomic E-state index is 12.1. The van der Waals surface area contributed by atoms with Crippen LogP contribution in [0, 0.1) is 0 Å². The molecule has 1 aliphatic rings. The van der Waals surface area contributed by atoms with Crippen LogP contribution in [0.15, 0.2) is 23.1 Å². The zero-order chi connectivity index (χ0) is 14.8. The van der Waals surface area contributed by atoms with Crippen LogP contribution >= 0.6 is 0 Å². The summed E-state index contributed by atoms with van der Waals surface area (Å²) in [5.41, 5.74) is 1.94. The molecule has 1 aliphatic heterocycles.